The fourth-order valence-corrected chi connectivity index (χ4v) is 2.11. The van der Waals surface area contributed by atoms with Crippen LogP contribution < -0.4 is 14.8 Å². The molecule has 1 N–H and O–H groups in total. The molecule has 2 rings (SSSR count). The minimum Gasteiger partial charge on any atom is -0.493 e. The van der Waals surface area contributed by atoms with Crippen LogP contribution >= 0.6 is 0 Å². The van der Waals surface area contributed by atoms with Gasteiger partial charge in [0.15, 0.2) is 11.5 Å². The second-order valence-corrected chi connectivity index (χ2v) is 4.96. The molecule has 23 heavy (non-hydrogen) atoms. The van der Waals surface area contributed by atoms with E-state index in [4.69, 9.17) is 9.47 Å². The number of aromatic nitrogens is 1. The van der Waals surface area contributed by atoms with Gasteiger partial charge < -0.3 is 14.8 Å². The Morgan fingerprint density at radius 3 is 2.65 bits per heavy atom. The molecule has 2 aromatic rings. The van der Waals surface area contributed by atoms with Crippen LogP contribution in [0.3, 0.4) is 0 Å². The number of carbonyl (C=O) groups excluding carboxylic acids is 1. The summed E-state index contributed by atoms with van der Waals surface area (Å²) in [6.45, 7) is 1.91. The summed E-state index contributed by atoms with van der Waals surface area (Å²) in [6.07, 6.45) is 6.61. The molecule has 5 heteroatoms. The third kappa shape index (κ3) is 4.57. The molecule has 0 saturated heterocycles. The van der Waals surface area contributed by atoms with Crippen molar-refractivity contribution in [1.29, 1.82) is 0 Å². The average Bonchev–Trinajstić information content (AvgIpc) is 2.60. The van der Waals surface area contributed by atoms with Crippen molar-refractivity contribution >= 4 is 12.0 Å². The van der Waals surface area contributed by atoms with Crippen LogP contribution in [0.25, 0.3) is 6.08 Å². The zero-order chi connectivity index (χ0) is 16.7. The molecule has 0 aliphatic rings. The van der Waals surface area contributed by atoms with Crippen molar-refractivity contribution in [2.45, 2.75) is 13.0 Å². The van der Waals surface area contributed by atoms with Gasteiger partial charge in [0.05, 0.1) is 20.3 Å². The fraction of sp³-hybridized carbons (Fsp3) is 0.222. The Kier molecular flexibility index (Phi) is 5.74. The smallest absolute Gasteiger partial charge is 0.244 e. The van der Waals surface area contributed by atoms with Crippen LogP contribution in [-0.4, -0.2) is 25.1 Å². The van der Waals surface area contributed by atoms with E-state index in [1.54, 1.807) is 32.7 Å². The van der Waals surface area contributed by atoms with Crippen LogP contribution in [0.15, 0.2) is 48.8 Å². The summed E-state index contributed by atoms with van der Waals surface area (Å²) in [5.74, 6) is 1.12. The van der Waals surface area contributed by atoms with Crippen LogP contribution in [0, 0.1) is 0 Å². The van der Waals surface area contributed by atoms with Gasteiger partial charge in [-0.25, -0.2) is 0 Å². The number of rotatable bonds is 6. The molecule has 1 atom stereocenters. The van der Waals surface area contributed by atoms with E-state index < -0.39 is 0 Å². The van der Waals surface area contributed by atoms with Gasteiger partial charge >= 0.3 is 0 Å². The standard InChI is InChI=1S/C18H20N2O3/c1-13(15-7-8-16(22-2)17(11-15)23-3)20-18(21)9-6-14-5-4-10-19-12-14/h4-13H,1-3H3,(H,20,21)/b9-6+. The third-order valence-corrected chi connectivity index (χ3v) is 3.38. The van der Waals surface area contributed by atoms with E-state index in [1.807, 2.05) is 37.3 Å². The molecule has 1 unspecified atom stereocenters. The van der Waals surface area contributed by atoms with Gasteiger partial charge in [-0.2, -0.15) is 0 Å². The largest absolute Gasteiger partial charge is 0.493 e. The molecular formula is C18H20N2O3. The van der Waals surface area contributed by atoms with Gasteiger partial charge in [-0.15, -0.1) is 0 Å². The number of hydrogen-bond acceptors (Lipinski definition) is 4. The van der Waals surface area contributed by atoms with Gasteiger partial charge in [-0.3, -0.25) is 9.78 Å². The molecule has 1 amide bonds. The van der Waals surface area contributed by atoms with Crippen molar-refractivity contribution in [3.05, 3.63) is 59.9 Å². The van der Waals surface area contributed by atoms with Crippen LogP contribution in [-0.2, 0) is 4.79 Å². The Morgan fingerprint density at radius 2 is 2.00 bits per heavy atom. The van der Waals surface area contributed by atoms with Crippen molar-refractivity contribution in [3.63, 3.8) is 0 Å². The molecule has 5 nitrogen and oxygen atoms in total. The number of nitrogens with one attached hydrogen (secondary N) is 1. The van der Waals surface area contributed by atoms with Crippen LogP contribution in [0.5, 0.6) is 11.5 Å². The molecule has 0 fully saturated rings. The Labute approximate surface area is 136 Å². The van der Waals surface area contributed by atoms with Crippen molar-refractivity contribution in [3.8, 4) is 11.5 Å². The molecule has 0 bridgehead atoms. The first-order chi connectivity index (χ1) is 11.1. The highest BCUT2D eigenvalue weighted by atomic mass is 16.5. The normalized spacial score (nSPS) is 12.0. The van der Waals surface area contributed by atoms with E-state index in [0.717, 1.165) is 11.1 Å². The number of ether oxygens (including phenoxy) is 2. The number of pyridine rings is 1. The molecule has 1 aromatic heterocycles. The second kappa shape index (κ2) is 7.98. The quantitative estimate of drug-likeness (QED) is 0.833. The van der Waals surface area contributed by atoms with E-state index in [0.29, 0.717) is 11.5 Å². The number of nitrogens with zero attached hydrogens (tertiary/aromatic N) is 1. The molecule has 0 radical (unpaired) electrons. The lowest BCUT2D eigenvalue weighted by molar-refractivity contribution is -0.117. The van der Waals surface area contributed by atoms with E-state index in [9.17, 15) is 4.79 Å². The zero-order valence-corrected chi connectivity index (χ0v) is 13.4. The van der Waals surface area contributed by atoms with Crippen LogP contribution in [0.4, 0.5) is 0 Å². The highest BCUT2D eigenvalue weighted by Crippen LogP contribution is 2.29. The maximum atomic E-state index is 12.0. The minimum absolute atomic E-state index is 0.152. The predicted molar refractivity (Wildman–Crippen MR) is 89.4 cm³/mol. The molecule has 1 aromatic carbocycles. The maximum absolute atomic E-state index is 12.0. The van der Waals surface area contributed by atoms with Gasteiger partial charge in [-0.05, 0) is 42.3 Å². The van der Waals surface area contributed by atoms with Gasteiger partial charge in [-0.1, -0.05) is 12.1 Å². The van der Waals surface area contributed by atoms with Crippen molar-refractivity contribution in [1.82, 2.24) is 10.3 Å². The Hall–Kier alpha value is -2.82. The lowest BCUT2D eigenvalue weighted by atomic mass is 10.1. The number of carbonyl (C=O) groups is 1. The SMILES string of the molecule is COc1ccc(C(C)NC(=O)/C=C/c2cccnc2)cc1OC. The average molecular weight is 312 g/mol. The van der Waals surface area contributed by atoms with Crippen LogP contribution in [0.1, 0.15) is 24.1 Å². The number of hydrogen-bond donors (Lipinski definition) is 1. The van der Waals surface area contributed by atoms with Crippen LogP contribution in [0.2, 0.25) is 0 Å². The summed E-state index contributed by atoms with van der Waals surface area (Å²) in [5, 5.41) is 2.91. The van der Waals surface area contributed by atoms with E-state index in [1.165, 1.54) is 6.08 Å². The monoisotopic (exact) mass is 312 g/mol. The zero-order valence-electron chi connectivity index (χ0n) is 13.4. The first-order valence-electron chi connectivity index (χ1n) is 7.24. The topological polar surface area (TPSA) is 60.5 Å². The van der Waals surface area contributed by atoms with Crippen molar-refractivity contribution in [2.75, 3.05) is 14.2 Å². The third-order valence-electron chi connectivity index (χ3n) is 3.38. The maximum Gasteiger partial charge on any atom is 0.244 e. The number of methoxy groups -OCH3 is 2. The van der Waals surface area contributed by atoms with E-state index in [-0.39, 0.29) is 11.9 Å². The van der Waals surface area contributed by atoms with Gasteiger partial charge in [0.1, 0.15) is 0 Å². The van der Waals surface area contributed by atoms with Crippen molar-refractivity contribution < 1.29 is 14.3 Å². The van der Waals surface area contributed by atoms with E-state index in [2.05, 4.69) is 10.3 Å². The number of amides is 1. The fourth-order valence-electron chi connectivity index (χ4n) is 2.11. The molecule has 0 aliphatic heterocycles. The Bertz CT molecular complexity index is 684. The molecule has 1 heterocycles. The lowest BCUT2D eigenvalue weighted by Gasteiger charge is -2.15. The van der Waals surface area contributed by atoms with Crippen molar-refractivity contribution in [2.24, 2.45) is 0 Å². The summed E-state index contributed by atoms with van der Waals surface area (Å²) in [7, 11) is 3.17. The summed E-state index contributed by atoms with van der Waals surface area (Å²) in [5.41, 5.74) is 1.81. The predicted octanol–water partition coefficient (Wildman–Crippen LogP) is 2.99. The lowest BCUT2D eigenvalue weighted by Crippen LogP contribution is -2.24. The minimum atomic E-state index is -0.170. The highest BCUT2D eigenvalue weighted by Gasteiger charge is 2.11. The summed E-state index contributed by atoms with van der Waals surface area (Å²) < 4.78 is 10.5. The summed E-state index contributed by atoms with van der Waals surface area (Å²) in [4.78, 5) is 16.0. The summed E-state index contributed by atoms with van der Waals surface area (Å²) >= 11 is 0. The van der Waals surface area contributed by atoms with Gasteiger partial charge in [0.2, 0.25) is 5.91 Å². The Balaban J connectivity index is 2.02. The molecule has 120 valence electrons. The van der Waals surface area contributed by atoms with Gasteiger partial charge in [0.25, 0.3) is 0 Å². The molecule has 0 saturated carbocycles. The first-order valence-corrected chi connectivity index (χ1v) is 7.24. The molecule has 0 aliphatic carbocycles. The second-order valence-electron chi connectivity index (χ2n) is 4.96. The van der Waals surface area contributed by atoms with Gasteiger partial charge in [0, 0.05) is 18.5 Å². The highest BCUT2D eigenvalue weighted by molar-refractivity contribution is 5.91. The first kappa shape index (κ1) is 16.5. The number of benzene rings is 1. The Morgan fingerprint density at radius 1 is 1.22 bits per heavy atom. The molecule has 0 spiro atoms. The van der Waals surface area contributed by atoms with E-state index >= 15 is 0 Å². The summed E-state index contributed by atoms with van der Waals surface area (Å²) in [6, 6.07) is 9.13. The molecular weight excluding hydrogens is 292 g/mol.